The van der Waals surface area contributed by atoms with Gasteiger partial charge < -0.3 is 14.8 Å². The van der Waals surface area contributed by atoms with Crippen LogP contribution in [0, 0.1) is 20.8 Å². The molecule has 4 rings (SSSR count). The molecule has 170 valence electrons. The number of carbonyl (C=O) groups excluding carboxylic acids is 1. The molecule has 33 heavy (non-hydrogen) atoms. The first-order valence-corrected chi connectivity index (χ1v) is 10.8. The van der Waals surface area contributed by atoms with Crippen LogP contribution < -0.4 is 14.8 Å². The fraction of sp³-hybridized carbons (Fsp3) is 0.269. The molecule has 7 heteroatoms. The third-order valence-corrected chi connectivity index (χ3v) is 5.75. The summed E-state index contributed by atoms with van der Waals surface area (Å²) < 4.78 is 12.6. The Morgan fingerprint density at radius 1 is 0.970 bits per heavy atom. The number of ether oxygens (including phenoxy) is 2. The van der Waals surface area contributed by atoms with Gasteiger partial charge in [0.1, 0.15) is 11.5 Å². The minimum atomic E-state index is -0.0256. The van der Waals surface area contributed by atoms with Gasteiger partial charge in [0.05, 0.1) is 19.9 Å². The molecule has 0 atom stereocenters. The maximum atomic E-state index is 12.5. The van der Waals surface area contributed by atoms with Gasteiger partial charge in [0.2, 0.25) is 5.91 Å². The van der Waals surface area contributed by atoms with E-state index in [0.717, 1.165) is 45.1 Å². The molecule has 0 spiro atoms. The summed E-state index contributed by atoms with van der Waals surface area (Å²) in [7, 11) is 3.25. The van der Waals surface area contributed by atoms with Gasteiger partial charge in [-0.3, -0.25) is 4.79 Å². The normalized spacial score (nSPS) is 10.9. The number of carbonyl (C=O) groups is 1. The molecule has 0 radical (unpaired) electrons. The standard InChI is InChI=1S/C26H28N4O3/c1-16-6-8-20(9-7-16)28-26(31)11-10-23-17(2)27-25-15-24(29-30(25)18(23)3)19-12-21(32-4)14-22(13-19)33-5/h6-9,12-15H,10-11H2,1-5H3,(H,28,31). The Hall–Kier alpha value is -3.87. The molecule has 0 saturated heterocycles. The highest BCUT2D eigenvalue weighted by Crippen LogP contribution is 2.30. The molecular formula is C26H28N4O3. The summed E-state index contributed by atoms with van der Waals surface area (Å²) in [4.78, 5) is 17.2. The zero-order chi connectivity index (χ0) is 23.5. The Morgan fingerprint density at radius 3 is 2.27 bits per heavy atom. The maximum Gasteiger partial charge on any atom is 0.224 e. The van der Waals surface area contributed by atoms with E-state index in [0.29, 0.717) is 24.3 Å². The molecule has 4 aromatic rings. The van der Waals surface area contributed by atoms with E-state index in [1.165, 1.54) is 0 Å². The predicted octanol–water partition coefficient (Wildman–Crippen LogP) is 4.91. The number of amides is 1. The molecule has 1 amide bonds. The van der Waals surface area contributed by atoms with Crippen molar-refractivity contribution in [3.8, 4) is 22.8 Å². The molecule has 0 aliphatic rings. The van der Waals surface area contributed by atoms with E-state index in [2.05, 4.69) is 5.32 Å². The summed E-state index contributed by atoms with van der Waals surface area (Å²) in [5.74, 6) is 1.37. The third-order valence-electron chi connectivity index (χ3n) is 5.75. The molecule has 7 nitrogen and oxygen atoms in total. The van der Waals surface area contributed by atoms with E-state index in [1.807, 2.05) is 73.8 Å². The van der Waals surface area contributed by atoms with Crippen LogP contribution in [-0.4, -0.2) is 34.7 Å². The average Bonchev–Trinajstić information content (AvgIpc) is 3.24. The molecule has 2 aromatic carbocycles. The first kappa shape index (κ1) is 22.3. The summed E-state index contributed by atoms with van der Waals surface area (Å²) in [5, 5.41) is 7.74. The number of benzene rings is 2. The largest absolute Gasteiger partial charge is 0.497 e. The number of aromatic nitrogens is 3. The van der Waals surface area contributed by atoms with Crippen LogP contribution in [0.5, 0.6) is 11.5 Å². The molecular weight excluding hydrogens is 416 g/mol. The van der Waals surface area contributed by atoms with Crippen molar-refractivity contribution < 1.29 is 14.3 Å². The van der Waals surface area contributed by atoms with Gasteiger partial charge >= 0.3 is 0 Å². The van der Waals surface area contributed by atoms with E-state index in [4.69, 9.17) is 19.6 Å². The van der Waals surface area contributed by atoms with Crippen LogP contribution in [0.2, 0.25) is 0 Å². The van der Waals surface area contributed by atoms with Gasteiger partial charge in [-0.05, 0) is 57.0 Å². The van der Waals surface area contributed by atoms with Crippen LogP contribution in [0.3, 0.4) is 0 Å². The number of fused-ring (bicyclic) bond motifs is 1. The summed E-state index contributed by atoms with van der Waals surface area (Å²) in [6.07, 6.45) is 0.949. The smallest absolute Gasteiger partial charge is 0.224 e. The Kier molecular flexibility index (Phi) is 6.31. The van der Waals surface area contributed by atoms with Crippen molar-refractivity contribution in [1.82, 2.24) is 14.6 Å². The van der Waals surface area contributed by atoms with Crippen molar-refractivity contribution in [3.63, 3.8) is 0 Å². The Bertz CT molecular complexity index is 1290. The van der Waals surface area contributed by atoms with Crippen LogP contribution in [0.1, 0.15) is 28.9 Å². The zero-order valence-corrected chi connectivity index (χ0v) is 19.6. The number of hydrogen-bond acceptors (Lipinski definition) is 5. The molecule has 0 unspecified atom stereocenters. The quantitative estimate of drug-likeness (QED) is 0.438. The van der Waals surface area contributed by atoms with Crippen molar-refractivity contribution in [2.75, 3.05) is 19.5 Å². The lowest BCUT2D eigenvalue weighted by Crippen LogP contribution is -2.14. The number of nitrogens with one attached hydrogen (secondary N) is 1. The third kappa shape index (κ3) is 4.82. The number of aryl methyl sites for hydroxylation is 3. The van der Waals surface area contributed by atoms with Crippen molar-refractivity contribution in [3.05, 3.63) is 71.0 Å². The zero-order valence-electron chi connectivity index (χ0n) is 19.6. The van der Waals surface area contributed by atoms with Crippen molar-refractivity contribution in [2.24, 2.45) is 0 Å². The number of rotatable bonds is 7. The van der Waals surface area contributed by atoms with Gasteiger partial charge in [-0.1, -0.05) is 17.7 Å². The lowest BCUT2D eigenvalue weighted by molar-refractivity contribution is -0.116. The Labute approximate surface area is 193 Å². The number of nitrogens with zero attached hydrogens (tertiary/aromatic N) is 3. The van der Waals surface area contributed by atoms with Crippen molar-refractivity contribution >= 4 is 17.2 Å². The van der Waals surface area contributed by atoms with E-state index in [-0.39, 0.29) is 5.91 Å². The monoisotopic (exact) mass is 444 g/mol. The highest BCUT2D eigenvalue weighted by atomic mass is 16.5. The molecule has 2 aromatic heterocycles. The van der Waals surface area contributed by atoms with Gasteiger partial charge in [0, 0.05) is 41.2 Å². The molecule has 0 saturated carbocycles. The molecule has 1 N–H and O–H groups in total. The minimum Gasteiger partial charge on any atom is -0.497 e. The van der Waals surface area contributed by atoms with Crippen molar-refractivity contribution in [2.45, 2.75) is 33.6 Å². The molecule has 0 aliphatic carbocycles. The Morgan fingerprint density at radius 2 is 1.64 bits per heavy atom. The second-order valence-electron chi connectivity index (χ2n) is 8.08. The average molecular weight is 445 g/mol. The van der Waals surface area contributed by atoms with E-state index < -0.39 is 0 Å². The second-order valence-corrected chi connectivity index (χ2v) is 8.08. The maximum absolute atomic E-state index is 12.5. The molecule has 0 bridgehead atoms. The van der Waals surface area contributed by atoms with Crippen LogP contribution in [0.25, 0.3) is 16.9 Å². The van der Waals surface area contributed by atoms with Gasteiger partial charge in [0.15, 0.2) is 5.65 Å². The Balaban J connectivity index is 1.58. The fourth-order valence-corrected chi connectivity index (χ4v) is 3.88. The summed E-state index contributed by atoms with van der Waals surface area (Å²) in [6.45, 7) is 6.01. The highest BCUT2D eigenvalue weighted by molar-refractivity contribution is 5.90. The topological polar surface area (TPSA) is 77.8 Å². The van der Waals surface area contributed by atoms with E-state index >= 15 is 0 Å². The first-order valence-electron chi connectivity index (χ1n) is 10.8. The van der Waals surface area contributed by atoms with Crippen LogP contribution in [0.4, 0.5) is 5.69 Å². The molecule has 2 heterocycles. The number of anilines is 1. The summed E-state index contributed by atoms with van der Waals surface area (Å²) >= 11 is 0. The summed E-state index contributed by atoms with van der Waals surface area (Å²) in [6, 6.07) is 15.4. The first-order chi connectivity index (χ1) is 15.9. The van der Waals surface area contributed by atoms with Gasteiger partial charge in [-0.15, -0.1) is 0 Å². The van der Waals surface area contributed by atoms with E-state index in [9.17, 15) is 4.79 Å². The van der Waals surface area contributed by atoms with E-state index in [1.54, 1.807) is 14.2 Å². The minimum absolute atomic E-state index is 0.0256. The van der Waals surface area contributed by atoms with Crippen LogP contribution in [0.15, 0.2) is 48.5 Å². The van der Waals surface area contributed by atoms with Gasteiger partial charge in [-0.2, -0.15) is 5.10 Å². The lowest BCUT2D eigenvalue weighted by Gasteiger charge is -2.11. The highest BCUT2D eigenvalue weighted by Gasteiger charge is 2.15. The van der Waals surface area contributed by atoms with Crippen LogP contribution >= 0.6 is 0 Å². The molecule has 0 aliphatic heterocycles. The van der Waals surface area contributed by atoms with Gasteiger partial charge in [0.25, 0.3) is 0 Å². The number of methoxy groups -OCH3 is 2. The second kappa shape index (κ2) is 9.32. The lowest BCUT2D eigenvalue weighted by atomic mass is 10.1. The predicted molar refractivity (Wildman–Crippen MR) is 129 cm³/mol. The van der Waals surface area contributed by atoms with Crippen LogP contribution in [-0.2, 0) is 11.2 Å². The summed E-state index contributed by atoms with van der Waals surface area (Å²) in [5.41, 5.74) is 7.28. The SMILES string of the molecule is COc1cc(OC)cc(-c2cc3nc(C)c(CCC(=O)Nc4ccc(C)cc4)c(C)n3n2)c1. The number of hydrogen-bond donors (Lipinski definition) is 1. The van der Waals surface area contributed by atoms with Crippen molar-refractivity contribution in [1.29, 1.82) is 0 Å². The van der Waals surface area contributed by atoms with Gasteiger partial charge in [-0.25, -0.2) is 9.50 Å². The molecule has 0 fully saturated rings. The fourth-order valence-electron chi connectivity index (χ4n) is 3.88.